The molecule has 19 heavy (non-hydrogen) atoms. The van der Waals surface area contributed by atoms with Gasteiger partial charge in [-0.2, -0.15) is 0 Å². The van der Waals surface area contributed by atoms with Gasteiger partial charge in [0.2, 0.25) is 0 Å². The Hall–Kier alpha value is -1.67. The normalized spacial score (nSPS) is 10.4. The van der Waals surface area contributed by atoms with Gasteiger partial charge in [-0.05, 0) is 34.1 Å². The fraction of sp³-hybridized carbons (Fsp3) is 0. The van der Waals surface area contributed by atoms with Gasteiger partial charge in [0.25, 0.3) is 5.56 Å². The zero-order valence-electron chi connectivity index (χ0n) is 9.18. The summed E-state index contributed by atoms with van der Waals surface area (Å²) in [4.78, 5) is 28.5. The van der Waals surface area contributed by atoms with Gasteiger partial charge in [0.15, 0.2) is 0 Å². The van der Waals surface area contributed by atoms with Crippen molar-refractivity contribution in [1.82, 2.24) is 9.97 Å². The third-order valence-corrected chi connectivity index (χ3v) is 4.18. The lowest BCUT2D eigenvalue weighted by atomic mass is 10.2. The molecular weight excluding hydrogens is 339 g/mol. The molecule has 2 rings (SSSR count). The highest BCUT2D eigenvalue weighted by Gasteiger charge is 2.13. The number of nitrogens with one attached hydrogen (secondary N) is 1. The Morgan fingerprint density at radius 2 is 2.21 bits per heavy atom. The van der Waals surface area contributed by atoms with Crippen LogP contribution in [0.3, 0.4) is 0 Å². The molecule has 0 unspecified atom stereocenters. The summed E-state index contributed by atoms with van der Waals surface area (Å²) in [5.41, 5.74) is -0.433. The van der Waals surface area contributed by atoms with E-state index in [4.69, 9.17) is 5.11 Å². The lowest BCUT2D eigenvalue weighted by molar-refractivity contribution is 0.0696. The van der Waals surface area contributed by atoms with Crippen LogP contribution in [0.4, 0.5) is 4.39 Å². The average Bonchev–Trinajstić information content (AvgIpc) is 2.37. The maximum atomic E-state index is 13.6. The first-order valence-electron chi connectivity index (χ1n) is 4.93. The molecule has 0 saturated carbocycles. The van der Waals surface area contributed by atoms with Gasteiger partial charge in [-0.1, -0.05) is 11.8 Å². The Labute approximate surface area is 119 Å². The zero-order valence-corrected chi connectivity index (χ0v) is 11.6. The molecule has 0 spiro atoms. The first-order valence-corrected chi connectivity index (χ1v) is 6.54. The van der Waals surface area contributed by atoms with E-state index in [0.29, 0.717) is 0 Å². The van der Waals surface area contributed by atoms with Crippen LogP contribution < -0.4 is 5.56 Å². The topological polar surface area (TPSA) is 83.0 Å². The average molecular weight is 345 g/mol. The predicted octanol–water partition coefficient (Wildman–Crippen LogP) is 2.52. The number of rotatable bonds is 3. The Morgan fingerprint density at radius 1 is 1.47 bits per heavy atom. The van der Waals surface area contributed by atoms with Gasteiger partial charge in [0.05, 0.1) is 16.8 Å². The monoisotopic (exact) mass is 344 g/mol. The van der Waals surface area contributed by atoms with Crippen LogP contribution in [-0.4, -0.2) is 21.0 Å². The summed E-state index contributed by atoms with van der Waals surface area (Å²) in [6.45, 7) is 0. The van der Waals surface area contributed by atoms with Gasteiger partial charge in [-0.3, -0.25) is 4.79 Å². The second-order valence-electron chi connectivity index (χ2n) is 3.40. The second kappa shape index (κ2) is 5.54. The number of carboxylic acids is 1. The van der Waals surface area contributed by atoms with Gasteiger partial charge in [0, 0.05) is 0 Å². The number of halogens is 2. The molecule has 98 valence electrons. The molecule has 0 bridgehead atoms. The standard InChI is InChI=1S/C11H6BrFN2O3S/c12-8-9(16)14-4-15-10(8)19-7-3-5(11(17)18)1-2-6(7)13/h1-4H,(H,17,18)(H,14,15,16). The number of nitrogens with zero attached hydrogens (tertiary/aromatic N) is 1. The molecule has 0 aliphatic carbocycles. The number of carboxylic acid groups (broad SMARTS) is 1. The Kier molecular flexibility index (Phi) is 4.01. The van der Waals surface area contributed by atoms with Crippen molar-refractivity contribution in [2.45, 2.75) is 9.92 Å². The molecule has 0 atom stereocenters. The highest BCUT2D eigenvalue weighted by Crippen LogP contribution is 2.32. The van der Waals surface area contributed by atoms with Crippen molar-refractivity contribution >= 4 is 33.7 Å². The van der Waals surface area contributed by atoms with E-state index >= 15 is 0 Å². The summed E-state index contributed by atoms with van der Waals surface area (Å²) in [7, 11) is 0. The first-order chi connectivity index (χ1) is 8.99. The SMILES string of the molecule is O=C(O)c1ccc(F)c(Sc2nc[nH]c(=O)c2Br)c1. The van der Waals surface area contributed by atoms with Crippen molar-refractivity contribution in [2.75, 3.05) is 0 Å². The minimum absolute atomic E-state index is 0.0372. The minimum Gasteiger partial charge on any atom is -0.478 e. The van der Waals surface area contributed by atoms with Crippen LogP contribution in [0.1, 0.15) is 10.4 Å². The van der Waals surface area contributed by atoms with E-state index in [2.05, 4.69) is 25.9 Å². The molecule has 2 aromatic rings. The summed E-state index contributed by atoms with van der Waals surface area (Å²) in [6.07, 6.45) is 1.19. The molecule has 0 aliphatic rings. The van der Waals surface area contributed by atoms with Crippen molar-refractivity contribution in [3.05, 3.63) is 50.7 Å². The van der Waals surface area contributed by atoms with Gasteiger partial charge in [-0.25, -0.2) is 14.2 Å². The van der Waals surface area contributed by atoms with Crippen molar-refractivity contribution in [3.8, 4) is 0 Å². The molecule has 2 N–H and O–H groups in total. The minimum atomic E-state index is -1.15. The lowest BCUT2D eigenvalue weighted by Gasteiger charge is -2.04. The van der Waals surface area contributed by atoms with E-state index in [1.54, 1.807) is 0 Å². The number of hydrogen-bond acceptors (Lipinski definition) is 4. The molecule has 0 aliphatic heterocycles. The van der Waals surface area contributed by atoms with Crippen molar-refractivity contribution in [1.29, 1.82) is 0 Å². The molecule has 1 heterocycles. The summed E-state index contributed by atoms with van der Waals surface area (Å²) in [5.74, 6) is -1.73. The van der Waals surface area contributed by atoms with Crippen LogP contribution in [0.5, 0.6) is 0 Å². The molecule has 0 amide bonds. The number of benzene rings is 1. The maximum absolute atomic E-state index is 13.6. The predicted molar refractivity (Wildman–Crippen MR) is 70.0 cm³/mol. The van der Waals surface area contributed by atoms with Gasteiger partial charge in [0.1, 0.15) is 15.3 Å². The quantitative estimate of drug-likeness (QED) is 0.836. The van der Waals surface area contributed by atoms with Crippen molar-refractivity contribution in [3.63, 3.8) is 0 Å². The van der Waals surface area contributed by atoms with Crippen molar-refractivity contribution in [2.24, 2.45) is 0 Å². The number of aromatic nitrogens is 2. The van der Waals surface area contributed by atoms with Crippen LogP contribution >= 0.6 is 27.7 Å². The van der Waals surface area contributed by atoms with E-state index in [9.17, 15) is 14.0 Å². The highest BCUT2D eigenvalue weighted by atomic mass is 79.9. The fourth-order valence-corrected chi connectivity index (χ4v) is 2.56. The van der Waals surface area contributed by atoms with E-state index in [0.717, 1.165) is 17.8 Å². The largest absolute Gasteiger partial charge is 0.478 e. The molecule has 1 aromatic heterocycles. The zero-order chi connectivity index (χ0) is 14.0. The van der Waals surface area contributed by atoms with E-state index < -0.39 is 17.3 Å². The molecule has 0 fully saturated rings. The maximum Gasteiger partial charge on any atom is 0.335 e. The number of hydrogen-bond donors (Lipinski definition) is 2. The van der Waals surface area contributed by atoms with E-state index in [-0.39, 0.29) is 20.0 Å². The summed E-state index contributed by atoms with van der Waals surface area (Å²) >= 11 is 3.91. The second-order valence-corrected chi connectivity index (χ2v) is 5.23. The summed E-state index contributed by atoms with van der Waals surface area (Å²) in [5, 5.41) is 9.11. The summed E-state index contributed by atoms with van der Waals surface area (Å²) < 4.78 is 13.8. The molecule has 1 aromatic carbocycles. The van der Waals surface area contributed by atoms with Crippen molar-refractivity contribution < 1.29 is 14.3 Å². The summed E-state index contributed by atoms with van der Waals surface area (Å²) in [6, 6.07) is 3.42. The number of aromatic amines is 1. The number of aromatic carboxylic acids is 1. The molecule has 0 saturated heterocycles. The number of H-pyrrole nitrogens is 1. The third kappa shape index (κ3) is 3.02. The number of carbonyl (C=O) groups is 1. The smallest absolute Gasteiger partial charge is 0.335 e. The molecule has 8 heteroatoms. The molecular formula is C11H6BrFN2O3S. The fourth-order valence-electron chi connectivity index (χ4n) is 1.26. The van der Waals surface area contributed by atoms with Crippen LogP contribution in [0, 0.1) is 5.82 Å². The van der Waals surface area contributed by atoms with Crippen LogP contribution in [0.15, 0.2) is 43.7 Å². The lowest BCUT2D eigenvalue weighted by Crippen LogP contribution is -2.08. The highest BCUT2D eigenvalue weighted by molar-refractivity contribution is 9.10. The van der Waals surface area contributed by atoms with Gasteiger partial charge in [-0.15, -0.1) is 0 Å². The Bertz CT molecular complexity index is 705. The van der Waals surface area contributed by atoms with Crippen LogP contribution in [-0.2, 0) is 0 Å². The molecule has 0 radical (unpaired) electrons. The van der Waals surface area contributed by atoms with E-state index in [1.807, 2.05) is 0 Å². The third-order valence-electron chi connectivity index (χ3n) is 2.15. The first kappa shape index (κ1) is 13.8. The Morgan fingerprint density at radius 3 is 2.89 bits per heavy atom. The van der Waals surface area contributed by atoms with Crippen LogP contribution in [0.2, 0.25) is 0 Å². The van der Waals surface area contributed by atoms with Gasteiger partial charge < -0.3 is 10.1 Å². The van der Waals surface area contributed by atoms with Crippen LogP contribution in [0.25, 0.3) is 0 Å². The van der Waals surface area contributed by atoms with E-state index in [1.165, 1.54) is 18.5 Å². The van der Waals surface area contributed by atoms with Gasteiger partial charge >= 0.3 is 5.97 Å². The molecule has 5 nitrogen and oxygen atoms in total. The Balaban J connectivity index is 2.43.